The first-order valence-electron chi connectivity index (χ1n) is 6.11. The van der Waals surface area contributed by atoms with Gasteiger partial charge < -0.3 is 4.90 Å². The van der Waals surface area contributed by atoms with Gasteiger partial charge in [-0.1, -0.05) is 0 Å². The monoisotopic (exact) mass is 303 g/mol. The van der Waals surface area contributed by atoms with E-state index in [0.717, 1.165) is 25.5 Å². The molecule has 1 aromatic heterocycles. The number of hydrogen-bond donors (Lipinski definition) is 1. The summed E-state index contributed by atoms with van der Waals surface area (Å²) < 4.78 is 24.8. The molecule has 0 spiro atoms. The molecule has 1 atom stereocenters. The number of sulfonamides is 1. The number of amides is 1. The number of nitrogens with one attached hydrogen (secondary N) is 1. The Kier molecular flexibility index (Phi) is 4.54. The zero-order valence-corrected chi connectivity index (χ0v) is 12.3. The minimum Gasteiger partial charge on any atom is -0.333 e. The Balaban J connectivity index is 2.05. The summed E-state index contributed by atoms with van der Waals surface area (Å²) in [5.41, 5.74) is 2.07. The summed E-state index contributed by atoms with van der Waals surface area (Å²) in [4.78, 5) is 18.0. The summed E-state index contributed by atoms with van der Waals surface area (Å²) in [6.45, 7) is 0.932. The average Bonchev–Trinajstić information content (AvgIpc) is 2.89. The third-order valence-electron chi connectivity index (χ3n) is 3.12. The van der Waals surface area contributed by atoms with Gasteiger partial charge in [-0.3, -0.25) is 4.79 Å². The molecule has 0 aromatic carbocycles. The normalized spacial score (nSPS) is 20.5. The highest BCUT2D eigenvalue weighted by Gasteiger charge is 2.28. The first-order chi connectivity index (χ1) is 8.97. The molecule has 1 amide bonds. The van der Waals surface area contributed by atoms with Gasteiger partial charge >= 0.3 is 0 Å². The molecule has 1 aliphatic heterocycles. The van der Waals surface area contributed by atoms with Crippen molar-refractivity contribution in [3.63, 3.8) is 0 Å². The van der Waals surface area contributed by atoms with Crippen LogP contribution in [0.4, 0.5) is 0 Å². The molecule has 19 heavy (non-hydrogen) atoms. The minimum atomic E-state index is -3.23. The van der Waals surface area contributed by atoms with Crippen molar-refractivity contribution in [2.75, 3.05) is 19.3 Å². The lowest BCUT2D eigenvalue weighted by atomic mass is 10.0. The number of carbonyl (C=O) groups excluding carboxylic acids is 1. The Morgan fingerprint density at radius 1 is 1.58 bits per heavy atom. The summed E-state index contributed by atoms with van der Waals surface area (Å²) in [6.07, 6.45) is 3.91. The molecule has 6 nitrogen and oxygen atoms in total. The number of thiazole rings is 1. The third-order valence-corrected chi connectivity index (χ3v) is 4.40. The van der Waals surface area contributed by atoms with E-state index in [1.54, 1.807) is 15.8 Å². The minimum absolute atomic E-state index is 0.0855. The molecule has 2 rings (SSSR count). The van der Waals surface area contributed by atoms with Gasteiger partial charge in [0.1, 0.15) is 5.69 Å². The number of nitrogens with zero attached hydrogens (tertiary/aromatic N) is 2. The van der Waals surface area contributed by atoms with Gasteiger partial charge in [-0.25, -0.2) is 18.1 Å². The van der Waals surface area contributed by atoms with Crippen molar-refractivity contribution in [2.24, 2.45) is 0 Å². The molecule has 106 valence electrons. The summed E-state index contributed by atoms with van der Waals surface area (Å²) in [6, 6.07) is -0.0855. The molecule has 8 heteroatoms. The third kappa shape index (κ3) is 3.99. The molecular weight excluding hydrogens is 286 g/mol. The SMILES string of the molecule is CS(=O)(=O)NCC1CCCCN1C(=O)c1cscn1. The van der Waals surface area contributed by atoms with E-state index in [4.69, 9.17) is 0 Å². The van der Waals surface area contributed by atoms with E-state index < -0.39 is 10.0 Å². The van der Waals surface area contributed by atoms with E-state index >= 15 is 0 Å². The van der Waals surface area contributed by atoms with E-state index in [9.17, 15) is 13.2 Å². The van der Waals surface area contributed by atoms with Gasteiger partial charge in [-0.2, -0.15) is 0 Å². The Bertz CT molecular complexity index is 527. The highest BCUT2D eigenvalue weighted by atomic mass is 32.2. The Labute approximate surface area is 116 Å². The van der Waals surface area contributed by atoms with Crippen LogP contribution in [0.15, 0.2) is 10.9 Å². The second kappa shape index (κ2) is 5.98. The molecule has 0 aliphatic carbocycles. The Hall–Kier alpha value is -0.990. The maximum Gasteiger partial charge on any atom is 0.273 e. The van der Waals surface area contributed by atoms with Crippen LogP contribution in [-0.4, -0.2) is 49.6 Å². The van der Waals surface area contributed by atoms with Crippen molar-refractivity contribution in [2.45, 2.75) is 25.3 Å². The van der Waals surface area contributed by atoms with Crippen LogP contribution in [0.3, 0.4) is 0 Å². The fourth-order valence-electron chi connectivity index (χ4n) is 2.19. The quantitative estimate of drug-likeness (QED) is 0.887. The van der Waals surface area contributed by atoms with Gasteiger partial charge in [-0.15, -0.1) is 11.3 Å². The number of carbonyl (C=O) groups is 1. The predicted molar refractivity (Wildman–Crippen MR) is 73.6 cm³/mol. The van der Waals surface area contributed by atoms with Gasteiger partial charge in [0.15, 0.2) is 0 Å². The van der Waals surface area contributed by atoms with Crippen molar-refractivity contribution < 1.29 is 13.2 Å². The summed E-state index contributed by atoms with van der Waals surface area (Å²) in [5, 5.41) is 1.72. The molecule has 1 aromatic rings. The lowest BCUT2D eigenvalue weighted by molar-refractivity contribution is 0.0613. The summed E-state index contributed by atoms with van der Waals surface area (Å²) in [7, 11) is -3.23. The van der Waals surface area contributed by atoms with Crippen LogP contribution in [0.25, 0.3) is 0 Å². The van der Waals surface area contributed by atoms with Crippen LogP contribution >= 0.6 is 11.3 Å². The Morgan fingerprint density at radius 3 is 3.00 bits per heavy atom. The largest absolute Gasteiger partial charge is 0.333 e. The topological polar surface area (TPSA) is 79.4 Å². The number of likely N-dealkylation sites (tertiary alicyclic amines) is 1. The van der Waals surface area contributed by atoms with Crippen molar-refractivity contribution in [1.82, 2.24) is 14.6 Å². The summed E-state index contributed by atoms with van der Waals surface area (Å²) in [5.74, 6) is -0.110. The first-order valence-corrected chi connectivity index (χ1v) is 8.94. The maximum absolute atomic E-state index is 12.3. The number of piperidine rings is 1. The highest BCUT2D eigenvalue weighted by molar-refractivity contribution is 7.88. The van der Waals surface area contributed by atoms with E-state index in [0.29, 0.717) is 12.2 Å². The zero-order chi connectivity index (χ0) is 13.9. The second-order valence-corrected chi connectivity index (χ2v) is 7.19. The molecule has 0 radical (unpaired) electrons. The lowest BCUT2D eigenvalue weighted by Gasteiger charge is -2.35. The van der Waals surface area contributed by atoms with Crippen molar-refractivity contribution in [3.05, 3.63) is 16.6 Å². The van der Waals surface area contributed by atoms with Crippen LogP contribution in [0.2, 0.25) is 0 Å². The summed E-state index contributed by atoms with van der Waals surface area (Å²) >= 11 is 1.38. The molecule has 1 N–H and O–H groups in total. The van der Waals surface area contributed by atoms with E-state index in [1.807, 2.05) is 0 Å². The second-order valence-electron chi connectivity index (χ2n) is 4.64. The number of aromatic nitrogens is 1. The van der Waals surface area contributed by atoms with Crippen LogP contribution in [0.5, 0.6) is 0 Å². The van der Waals surface area contributed by atoms with Crippen LogP contribution < -0.4 is 4.72 Å². The maximum atomic E-state index is 12.3. The van der Waals surface area contributed by atoms with Crippen LogP contribution in [0.1, 0.15) is 29.8 Å². The molecule has 1 unspecified atom stereocenters. The fraction of sp³-hybridized carbons (Fsp3) is 0.636. The molecular formula is C11H17N3O3S2. The van der Waals surface area contributed by atoms with Gasteiger partial charge in [0, 0.05) is 24.5 Å². The van der Waals surface area contributed by atoms with Crippen molar-refractivity contribution in [3.8, 4) is 0 Å². The van der Waals surface area contributed by atoms with E-state index in [-0.39, 0.29) is 18.5 Å². The fourth-order valence-corrected chi connectivity index (χ4v) is 3.21. The molecule has 1 fully saturated rings. The van der Waals surface area contributed by atoms with E-state index in [2.05, 4.69) is 9.71 Å². The van der Waals surface area contributed by atoms with Crippen molar-refractivity contribution in [1.29, 1.82) is 0 Å². The Morgan fingerprint density at radius 2 is 2.37 bits per heavy atom. The zero-order valence-electron chi connectivity index (χ0n) is 10.7. The van der Waals surface area contributed by atoms with Gasteiger partial charge in [0.05, 0.1) is 11.8 Å². The highest BCUT2D eigenvalue weighted by Crippen LogP contribution is 2.19. The lowest BCUT2D eigenvalue weighted by Crippen LogP contribution is -2.49. The number of hydrogen-bond acceptors (Lipinski definition) is 5. The van der Waals surface area contributed by atoms with Crippen LogP contribution in [0, 0.1) is 0 Å². The standard InChI is InChI=1S/C11H17N3O3S2/c1-19(16,17)13-6-9-4-2-3-5-14(9)11(15)10-7-18-8-12-10/h7-9,13H,2-6H2,1H3. The number of rotatable bonds is 4. The van der Waals surface area contributed by atoms with Gasteiger partial charge in [0.2, 0.25) is 10.0 Å². The van der Waals surface area contributed by atoms with Crippen LogP contribution in [-0.2, 0) is 10.0 Å². The van der Waals surface area contributed by atoms with Crippen molar-refractivity contribution >= 4 is 27.3 Å². The van der Waals surface area contributed by atoms with E-state index in [1.165, 1.54) is 11.3 Å². The smallest absolute Gasteiger partial charge is 0.273 e. The predicted octanol–water partition coefficient (Wildman–Crippen LogP) is 0.687. The molecule has 1 aliphatic rings. The molecule has 1 saturated heterocycles. The average molecular weight is 303 g/mol. The molecule has 0 saturated carbocycles. The van der Waals surface area contributed by atoms with Gasteiger partial charge in [-0.05, 0) is 19.3 Å². The first kappa shape index (κ1) is 14.4. The molecule has 0 bridgehead atoms. The van der Waals surface area contributed by atoms with Gasteiger partial charge in [0.25, 0.3) is 5.91 Å². The molecule has 2 heterocycles.